The first-order valence-corrected chi connectivity index (χ1v) is 4.61. The fourth-order valence-corrected chi connectivity index (χ4v) is 1.45. The van der Waals surface area contributed by atoms with Gasteiger partial charge in [-0.1, -0.05) is 0 Å². The van der Waals surface area contributed by atoms with Crippen LogP contribution in [0.2, 0.25) is 0 Å². The van der Waals surface area contributed by atoms with Gasteiger partial charge in [-0.05, 0) is 34.0 Å². The van der Waals surface area contributed by atoms with Gasteiger partial charge in [0, 0.05) is 13.1 Å². The topological polar surface area (TPSA) is 18.8 Å². The third-order valence-electron chi connectivity index (χ3n) is 2.20. The lowest BCUT2D eigenvalue weighted by atomic mass is 10.3. The summed E-state index contributed by atoms with van der Waals surface area (Å²) in [5.74, 6) is 1.22. The van der Waals surface area contributed by atoms with Crippen molar-refractivity contribution in [3.63, 3.8) is 0 Å². The summed E-state index contributed by atoms with van der Waals surface area (Å²) in [4.78, 5) is 8.93. The van der Waals surface area contributed by atoms with Crippen molar-refractivity contribution in [2.45, 2.75) is 13.3 Å². The Morgan fingerprint density at radius 1 is 1.50 bits per heavy atom. The SMILES string of the molecule is CC1=NCCN1CCCN(C)C. The van der Waals surface area contributed by atoms with Crippen molar-refractivity contribution in [2.24, 2.45) is 4.99 Å². The van der Waals surface area contributed by atoms with Crippen LogP contribution in [0, 0.1) is 0 Å². The highest BCUT2D eigenvalue weighted by Crippen LogP contribution is 2.01. The summed E-state index contributed by atoms with van der Waals surface area (Å²) in [6.45, 7) is 6.55. The lowest BCUT2D eigenvalue weighted by Crippen LogP contribution is -2.29. The van der Waals surface area contributed by atoms with Crippen molar-refractivity contribution in [3.8, 4) is 0 Å². The van der Waals surface area contributed by atoms with Crippen LogP contribution in [0.25, 0.3) is 0 Å². The fourth-order valence-electron chi connectivity index (χ4n) is 1.45. The van der Waals surface area contributed by atoms with Gasteiger partial charge in [-0.15, -0.1) is 0 Å². The molecule has 0 spiro atoms. The zero-order valence-electron chi connectivity index (χ0n) is 8.38. The molecule has 1 aliphatic rings. The van der Waals surface area contributed by atoms with Gasteiger partial charge in [-0.25, -0.2) is 0 Å². The average Bonchev–Trinajstić information content (AvgIpc) is 2.36. The molecule has 0 saturated carbocycles. The molecule has 1 heterocycles. The summed E-state index contributed by atoms with van der Waals surface area (Å²) >= 11 is 0. The molecule has 0 amide bonds. The molecule has 0 radical (unpaired) electrons. The minimum absolute atomic E-state index is 0.994. The lowest BCUT2D eigenvalue weighted by molar-refractivity contribution is 0.359. The quantitative estimate of drug-likeness (QED) is 0.616. The number of amidine groups is 1. The lowest BCUT2D eigenvalue weighted by Gasteiger charge is -2.19. The molecule has 1 aliphatic heterocycles. The summed E-state index contributed by atoms with van der Waals surface area (Å²) in [6, 6.07) is 0. The number of rotatable bonds is 4. The van der Waals surface area contributed by atoms with Gasteiger partial charge in [0.15, 0.2) is 0 Å². The van der Waals surface area contributed by atoms with Crippen molar-refractivity contribution >= 4 is 5.84 Å². The van der Waals surface area contributed by atoms with Crippen molar-refractivity contribution in [1.29, 1.82) is 0 Å². The monoisotopic (exact) mass is 169 g/mol. The van der Waals surface area contributed by atoms with Crippen LogP contribution in [-0.2, 0) is 0 Å². The Morgan fingerprint density at radius 3 is 2.75 bits per heavy atom. The maximum absolute atomic E-state index is 4.34. The van der Waals surface area contributed by atoms with E-state index < -0.39 is 0 Å². The van der Waals surface area contributed by atoms with Gasteiger partial charge in [-0.2, -0.15) is 0 Å². The fraction of sp³-hybridized carbons (Fsp3) is 0.889. The van der Waals surface area contributed by atoms with E-state index in [1.165, 1.54) is 18.8 Å². The van der Waals surface area contributed by atoms with Gasteiger partial charge in [0.25, 0.3) is 0 Å². The molecule has 12 heavy (non-hydrogen) atoms. The zero-order chi connectivity index (χ0) is 8.97. The number of nitrogens with zero attached hydrogens (tertiary/aromatic N) is 3. The Balaban J connectivity index is 2.11. The Bertz CT molecular complexity index is 163. The molecule has 0 aromatic heterocycles. The molecule has 3 nitrogen and oxygen atoms in total. The van der Waals surface area contributed by atoms with E-state index in [4.69, 9.17) is 0 Å². The summed E-state index contributed by atoms with van der Waals surface area (Å²) in [5.41, 5.74) is 0. The molecule has 0 N–H and O–H groups in total. The molecule has 0 atom stereocenters. The summed E-state index contributed by atoms with van der Waals surface area (Å²) in [5, 5.41) is 0. The van der Waals surface area contributed by atoms with Gasteiger partial charge in [0.1, 0.15) is 0 Å². The first-order valence-electron chi connectivity index (χ1n) is 4.61. The second-order valence-electron chi connectivity index (χ2n) is 3.57. The summed E-state index contributed by atoms with van der Waals surface area (Å²) in [6.07, 6.45) is 1.24. The molecule has 0 aromatic rings. The number of aliphatic imine (C=N–C) groups is 1. The molecule has 0 aromatic carbocycles. The van der Waals surface area contributed by atoms with E-state index in [0.717, 1.165) is 19.6 Å². The highest BCUT2D eigenvalue weighted by atomic mass is 15.2. The van der Waals surface area contributed by atoms with E-state index in [1.54, 1.807) is 0 Å². The molecule has 0 unspecified atom stereocenters. The molecular formula is C9H19N3. The molecule has 0 aliphatic carbocycles. The van der Waals surface area contributed by atoms with Crippen LogP contribution in [0.1, 0.15) is 13.3 Å². The Kier molecular flexibility index (Phi) is 3.53. The third kappa shape index (κ3) is 2.81. The average molecular weight is 169 g/mol. The highest BCUT2D eigenvalue weighted by molar-refractivity contribution is 5.81. The van der Waals surface area contributed by atoms with Crippen LogP contribution in [0.4, 0.5) is 0 Å². The molecule has 0 bridgehead atoms. The predicted octanol–water partition coefficient (Wildman–Crippen LogP) is 0.672. The van der Waals surface area contributed by atoms with Crippen molar-refractivity contribution in [1.82, 2.24) is 9.80 Å². The predicted molar refractivity (Wildman–Crippen MR) is 52.7 cm³/mol. The maximum atomic E-state index is 4.34. The van der Waals surface area contributed by atoms with E-state index in [1.807, 2.05) is 0 Å². The van der Waals surface area contributed by atoms with Crippen molar-refractivity contribution in [2.75, 3.05) is 40.3 Å². The van der Waals surface area contributed by atoms with Gasteiger partial charge in [0.2, 0.25) is 0 Å². The van der Waals surface area contributed by atoms with Gasteiger partial charge >= 0.3 is 0 Å². The van der Waals surface area contributed by atoms with Crippen LogP contribution in [0.15, 0.2) is 4.99 Å². The second kappa shape index (κ2) is 4.45. The molecule has 1 rings (SSSR count). The molecule has 0 saturated heterocycles. The van der Waals surface area contributed by atoms with E-state index >= 15 is 0 Å². The van der Waals surface area contributed by atoms with E-state index in [-0.39, 0.29) is 0 Å². The molecule has 3 heteroatoms. The van der Waals surface area contributed by atoms with Gasteiger partial charge in [-0.3, -0.25) is 4.99 Å². The minimum Gasteiger partial charge on any atom is -0.359 e. The maximum Gasteiger partial charge on any atom is 0.0958 e. The van der Waals surface area contributed by atoms with Crippen LogP contribution in [0.5, 0.6) is 0 Å². The smallest absolute Gasteiger partial charge is 0.0958 e. The normalized spacial score (nSPS) is 17.3. The Morgan fingerprint density at radius 2 is 2.25 bits per heavy atom. The third-order valence-corrected chi connectivity index (χ3v) is 2.20. The van der Waals surface area contributed by atoms with Gasteiger partial charge < -0.3 is 9.80 Å². The van der Waals surface area contributed by atoms with Crippen LogP contribution < -0.4 is 0 Å². The van der Waals surface area contributed by atoms with Gasteiger partial charge in [0.05, 0.1) is 12.4 Å². The number of hydrogen-bond donors (Lipinski definition) is 0. The summed E-state index contributed by atoms with van der Waals surface area (Å²) < 4.78 is 0. The minimum atomic E-state index is 0.994. The highest BCUT2D eigenvalue weighted by Gasteiger charge is 2.10. The second-order valence-corrected chi connectivity index (χ2v) is 3.57. The Labute approximate surface area is 75.1 Å². The van der Waals surface area contributed by atoms with Crippen LogP contribution in [0.3, 0.4) is 0 Å². The largest absolute Gasteiger partial charge is 0.359 e. The first-order chi connectivity index (χ1) is 5.70. The Hall–Kier alpha value is -0.570. The molecule has 0 fully saturated rings. The first kappa shape index (κ1) is 9.52. The van der Waals surface area contributed by atoms with Crippen molar-refractivity contribution < 1.29 is 0 Å². The zero-order valence-corrected chi connectivity index (χ0v) is 8.38. The van der Waals surface area contributed by atoms with Crippen LogP contribution >= 0.6 is 0 Å². The van der Waals surface area contributed by atoms with Crippen LogP contribution in [-0.4, -0.2) is 55.9 Å². The number of hydrogen-bond acceptors (Lipinski definition) is 3. The van der Waals surface area contributed by atoms with E-state index in [2.05, 4.69) is 35.8 Å². The van der Waals surface area contributed by atoms with E-state index in [0.29, 0.717) is 0 Å². The molecular weight excluding hydrogens is 150 g/mol. The standard InChI is InChI=1S/C9H19N3/c1-9-10-5-8-12(9)7-4-6-11(2)3/h4-8H2,1-3H3. The summed E-state index contributed by atoms with van der Waals surface area (Å²) in [7, 11) is 4.23. The van der Waals surface area contributed by atoms with E-state index in [9.17, 15) is 0 Å². The molecule has 70 valence electrons. The van der Waals surface area contributed by atoms with Crippen molar-refractivity contribution in [3.05, 3.63) is 0 Å².